The molecule has 0 spiro atoms. The molecule has 0 aliphatic carbocycles. The average Bonchev–Trinajstić information content (AvgIpc) is 3.19. The van der Waals surface area contributed by atoms with Crippen LogP contribution in [-0.2, 0) is 6.42 Å². The summed E-state index contributed by atoms with van der Waals surface area (Å²) < 4.78 is 0. The van der Waals surface area contributed by atoms with Crippen molar-refractivity contribution in [3.8, 4) is 0 Å². The van der Waals surface area contributed by atoms with E-state index in [-0.39, 0.29) is 11.6 Å². The van der Waals surface area contributed by atoms with Crippen molar-refractivity contribution in [2.75, 3.05) is 11.9 Å². The molecule has 3 rings (SSSR count). The van der Waals surface area contributed by atoms with Crippen molar-refractivity contribution in [2.45, 2.75) is 6.42 Å². The molecule has 118 valence electrons. The van der Waals surface area contributed by atoms with Crippen LogP contribution in [0.3, 0.4) is 0 Å². The van der Waals surface area contributed by atoms with Gasteiger partial charge in [0.25, 0.3) is 5.91 Å². The maximum absolute atomic E-state index is 12.2. The Kier molecular flexibility index (Phi) is 4.89. The summed E-state index contributed by atoms with van der Waals surface area (Å²) in [6.07, 6.45) is 0.790. The summed E-state index contributed by atoms with van der Waals surface area (Å²) in [4.78, 5) is 13.4. The van der Waals surface area contributed by atoms with Gasteiger partial charge in [-0.2, -0.15) is 5.21 Å². The highest BCUT2D eigenvalue weighted by molar-refractivity contribution is 7.09. The van der Waals surface area contributed by atoms with Crippen molar-refractivity contribution in [3.05, 3.63) is 57.4 Å². The first-order valence-electron chi connectivity index (χ1n) is 6.96. The van der Waals surface area contributed by atoms with E-state index in [1.54, 1.807) is 23.5 Å². The molecule has 3 aromatic rings. The molecule has 23 heavy (non-hydrogen) atoms. The number of hydrogen-bond acceptors (Lipinski definition) is 5. The van der Waals surface area contributed by atoms with Gasteiger partial charge < -0.3 is 10.6 Å². The molecule has 0 fully saturated rings. The van der Waals surface area contributed by atoms with Gasteiger partial charge in [-0.15, -0.1) is 21.5 Å². The third kappa shape index (κ3) is 4.08. The van der Waals surface area contributed by atoms with E-state index in [4.69, 9.17) is 11.6 Å². The number of H-pyrrole nitrogens is 1. The Hall–Kier alpha value is -2.38. The summed E-state index contributed by atoms with van der Waals surface area (Å²) in [5.74, 6) is 0.0840. The number of nitrogens with zero attached hydrogens (tertiary/aromatic N) is 2. The Labute approximate surface area is 141 Å². The van der Waals surface area contributed by atoms with Crippen molar-refractivity contribution < 1.29 is 4.79 Å². The Morgan fingerprint density at radius 3 is 2.96 bits per heavy atom. The van der Waals surface area contributed by atoms with Crippen molar-refractivity contribution in [1.29, 1.82) is 0 Å². The van der Waals surface area contributed by atoms with Gasteiger partial charge in [0.05, 0.1) is 0 Å². The molecule has 0 aliphatic heterocycles. The molecule has 0 unspecified atom stereocenters. The topological polar surface area (TPSA) is 82.7 Å². The van der Waals surface area contributed by atoms with Crippen LogP contribution >= 0.6 is 22.9 Å². The number of benzene rings is 1. The summed E-state index contributed by atoms with van der Waals surface area (Å²) in [6.45, 7) is 0.544. The second-order valence-electron chi connectivity index (χ2n) is 4.74. The van der Waals surface area contributed by atoms with Gasteiger partial charge in [0.15, 0.2) is 11.5 Å². The number of anilines is 2. The summed E-state index contributed by atoms with van der Waals surface area (Å²) in [5, 5.41) is 18.8. The summed E-state index contributed by atoms with van der Waals surface area (Å²) >= 11 is 7.61. The molecular formula is C15H14ClN5OS. The first-order chi connectivity index (χ1) is 11.2. The van der Waals surface area contributed by atoms with Crippen molar-refractivity contribution in [2.24, 2.45) is 0 Å². The molecule has 0 aliphatic rings. The van der Waals surface area contributed by atoms with E-state index >= 15 is 0 Å². The summed E-state index contributed by atoms with van der Waals surface area (Å²) in [5.41, 5.74) is 0.954. The number of aromatic nitrogens is 3. The van der Waals surface area contributed by atoms with Crippen LogP contribution in [0.1, 0.15) is 15.4 Å². The zero-order valence-corrected chi connectivity index (χ0v) is 13.6. The molecule has 8 heteroatoms. The number of thiophene rings is 1. The minimum absolute atomic E-state index is 0.219. The molecule has 2 aromatic heterocycles. The fourth-order valence-corrected chi connectivity index (χ4v) is 2.92. The Morgan fingerprint density at radius 2 is 2.17 bits per heavy atom. The molecule has 3 N–H and O–H groups in total. The molecule has 1 amide bonds. The Bertz CT molecular complexity index is 787. The lowest BCUT2D eigenvalue weighted by Gasteiger charge is -2.06. The zero-order valence-electron chi connectivity index (χ0n) is 12.0. The molecular weight excluding hydrogens is 334 g/mol. The van der Waals surface area contributed by atoms with E-state index in [0.717, 1.165) is 12.1 Å². The lowest BCUT2D eigenvalue weighted by molar-refractivity contribution is 0.0950. The monoisotopic (exact) mass is 347 g/mol. The fourth-order valence-electron chi connectivity index (χ4n) is 2.02. The van der Waals surface area contributed by atoms with Gasteiger partial charge in [0, 0.05) is 22.1 Å². The first-order valence-corrected chi connectivity index (χ1v) is 8.22. The van der Waals surface area contributed by atoms with Crippen LogP contribution in [0.15, 0.2) is 41.8 Å². The second kappa shape index (κ2) is 7.26. The van der Waals surface area contributed by atoms with Gasteiger partial charge in [-0.1, -0.05) is 23.7 Å². The predicted molar refractivity (Wildman–Crippen MR) is 91.5 cm³/mol. The van der Waals surface area contributed by atoms with E-state index in [1.165, 1.54) is 4.88 Å². The predicted octanol–water partition coefficient (Wildman–Crippen LogP) is 3.24. The summed E-state index contributed by atoms with van der Waals surface area (Å²) in [7, 11) is 0. The maximum atomic E-state index is 12.2. The molecule has 0 bridgehead atoms. The van der Waals surface area contributed by atoms with Crippen LogP contribution in [0, 0.1) is 0 Å². The third-order valence-electron chi connectivity index (χ3n) is 3.09. The van der Waals surface area contributed by atoms with Crippen molar-refractivity contribution >= 4 is 40.4 Å². The highest BCUT2D eigenvalue weighted by atomic mass is 35.5. The largest absolute Gasteiger partial charge is 0.350 e. The second-order valence-corrected chi connectivity index (χ2v) is 6.21. The van der Waals surface area contributed by atoms with Crippen LogP contribution in [0.5, 0.6) is 0 Å². The van der Waals surface area contributed by atoms with Gasteiger partial charge in [-0.25, -0.2) is 0 Å². The third-order valence-corrected chi connectivity index (χ3v) is 4.26. The van der Waals surface area contributed by atoms with Gasteiger partial charge in [-0.05, 0) is 36.1 Å². The minimum Gasteiger partial charge on any atom is -0.350 e. The molecule has 6 nitrogen and oxygen atoms in total. The number of rotatable bonds is 6. The van der Waals surface area contributed by atoms with Crippen LogP contribution in [0.25, 0.3) is 0 Å². The van der Waals surface area contributed by atoms with E-state index in [1.807, 2.05) is 29.6 Å². The van der Waals surface area contributed by atoms with E-state index in [0.29, 0.717) is 17.4 Å². The van der Waals surface area contributed by atoms with E-state index in [2.05, 4.69) is 26.0 Å². The number of amides is 1. The molecule has 2 heterocycles. The Balaban J connectivity index is 1.62. The molecule has 0 saturated heterocycles. The minimum atomic E-state index is -0.278. The lowest BCUT2D eigenvalue weighted by atomic mass is 10.3. The van der Waals surface area contributed by atoms with Gasteiger partial charge in [0.2, 0.25) is 0 Å². The fraction of sp³-hybridized carbons (Fsp3) is 0.133. The van der Waals surface area contributed by atoms with Crippen molar-refractivity contribution in [3.63, 3.8) is 0 Å². The average molecular weight is 348 g/mol. The van der Waals surface area contributed by atoms with Gasteiger partial charge in [-0.3, -0.25) is 4.79 Å². The zero-order chi connectivity index (χ0) is 16.1. The highest BCUT2D eigenvalue weighted by Crippen LogP contribution is 2.20. The van der Waals surface area contributed by atoms with Crippen LogP contribution in [0.4, 0.5) is 11.5 Å². The first kappa shape index (κ1) is 15.5. The normalized spacial score (nSPS) is 10.5. The highest BCUT2D eigenvalue weighted by Gasteiger charge is 2.16. The smallest absolute Gasteiger partial charge is 0.275 e. The molecule has 1 aromatic carbocycles. The number of nitrogens with one attached hydrogen (secondary N) is 3. The van der Waals surface area contributed by atoms with Crippen LogP contribution in [-0.4, -0.2) is 27.9 Å². The van der Waals surface area contributed by atoms with Crippen molar-refractivity contribution in [1.82, 2.24) is 20.7 Å². The van der Waals surface area contributed by atoms with Crippen LogP contribution < -0.4 is 10.6 Å². The van der Waals surface area contributed by atoms with E-state index < -0.39 is 0 Å². The SMILES string of the molecule is O=C(NCCc1cccs1)c1n[nH]nc1Nc1cccc(Cl)c1. The van der Waals surface area contributed by atoms with Gasteiger partial charge >= 0.3 is 0 Å². The number of hydrogen-bond donors (Lipinski definition) is 3. The van der Waals surface area contributed by atoms with Gasteiger partial charge in [0.1, 0.15) is 0 Å². The number of carbonyl (C=O) groups is 1. The molecule has 0 saturated carbocycles. The Morgan fingerprint density at radius 1 is 1.26 bits per heavy atom. The summed E-state index contributed by atoms with van der Waals surface area (Å²) in [6, 6.07) is 11.2. The standard InChI is InChI=1S/C15H14ClN5OS/c16-10-3-1-4-11(9-10)18-14-13(19-21-20-14)15(22)17-7-6-12-5-2-8-23-12/h1-5,8-9H,6-7H2,(H,17,22)(H2,18,19,20,21). The maximum Gasteiger partial charge on any atom is 0.275 e. The number of carbonyl (C=O) groups excluding carboxylic acids is 1. The number of halogens is 1. The van der Waals surface area contributed by atoms with E-state index in [9.17, 15) is 4.79 Å². The lowest BCUT2D eigenvalue weighted by Crippen LogP contribution is -2.26. The quantitative estimate of drug-likeness (QED) is 0.639. The molecule has 0 radical (unpaired) electrons. The number of aromatic amines is 1. The molecule has 0 atom stereocenters. The van der Waals surface area contributed by atoms with Crippen LogP contribution in [0.2, 0.25) is 5.02 Å².